The van der Waals surface area contributed by atoms with E-state index < -0.39 is 23.8 Å². The summed E-state index contributed by atoms with van der Waals surface area (Å²) >= 11 is 0. The fraction of sp³-hybridized carbons (Fsp3) is 0.471. The lowest BCUT2D eigenvalue weighted by Gasteiger charge is -2.22. The molecule has 0 spiro atoms. The summed E-state index contributed by atoms with van der Waals surface area (Å²) in [6.45, 7) is 3.10. The van der Waals surface area contributed by atoms with Crippen LogP contribution in [-0.2, 0) is 19.1 Å². The van der Waals surface area contributed by atoms with Crippen LogP contribution in [0.1, 0.15) is 35.7 Å². The van der Waals surface area contributed by atoms with Crippen molar-refractivity contribution >= 4 is 17.9 Å². The molecule has 0 saturated carbocycles. The average Bonchev–Trinajstić information content (AvgIpc) is 2.61. The molecule has 0 radical (unpaired) electrons. The fourth-order valence-corrected chi connectivity index (χ4v) is 2.43. The maximum Gasteiger partial charge on any atom is 0.336 e. The smallest absolute Gasteiger partial charge is 0.336 e. The van der Waals surface area contributed by atoms with Crippen LogP contribution in [0.5, 0.6) is 17.2 Å². The predicted molar refractivity (Wildman–Crippen MR) is 89.1 cm³/mol. The molecule has 0 aromatic heterocycles. The van der Waals surface area contributed by atoms with Gasteiger partial charge in [0.15, 0.2) is 17.4 Å². The Kier molecular flexibility index (Phi) is 7.70. The number of carbonyl (C=O) groups excluding carboxylic acids is 2. The molecule has 0 bridgehead atoms. The van der Waals surface area contributed by atoms with Gasteiger partial charge in [0.1, 0.15) is 0 Å². The van der Waals surface area contributed by atoms with E-state index in [2.05, 4.69) is 0 Å². The molecule has 0 saturated heterocycles. The zero-order valence-electron chi connectivity index (χ0n) is 15.3. The van der Waals surface area contributed by atoms with Gasteiger partial charge in [0.2, 0.25) is 5.75 Å². The topological polar surface area (TPSA) is 118 Å². The summed E-state index contributed by atoms with van der Waals surface area (Å²) in [4.78, 5) is 36.6. The zero-order chi connectivity index (χ0) is 19.9. The van der Waals surface area contributed by atoms with Gasteiger partial charge in [-0.05, 0) is 19.9 Å². The molecule has 0 aliphatic heterocycles. The summed E-state index contributed by atoms with van der Waals surface area (Å²) < 4.78 is 25.4. The molecule has 9 nitrogen and oxygen atoms in total. The third kappa shape index (κ3) is 4.16. The van der Waals surface area contributed by atoms with E-state index in [1.807, 2.05) is 0 Å². The van der Waals surface area contributed by atoms with Crippen molar-refractivity contribution in [3.8, 4) is 17.2 Å². The molecule has 1 rings (SSSR count). The van der Waals surface area contributed by atoms with Gasteiger partial charge in [-0.15, -0.1) is 0 Å². The van der Waals surface area contributed by atoms with Crippen LogP contribution in [-0.4, -0.2) is 57.6 Å². The average molecular weight is 370 g/mol. The number of rotatable bonds is 9. The molecule has 9 heteroatoms. The van der Waals surface area contributed by atoms with Crippen molar-refractivity contribution in [3.05, 3.63) is 17.2 Å². The number of carbonyl (C=O) groups is 3. The Morgan fingerprint density at radius 2 is 1.42 bits per heavy atom. The minimum absolute atomic E-state index is 0.00719. The van der Waals surface area contributed by atoms with Crippen LogP contribution in [0.25, 0.3) is 0 Å². The molecule has 1 aromatic rings. The van der Waals surface area contributed by atoms with E-state index in [0.29, 0.717) is 0 Å². The number of esters is 2. The summed E-state index contributed by atoms with van der Waals surface area (Å²) in [6, 6.07) is 1.14. The molecule has 0 aliphatic rings. The third-order valence-electron chi connectivity index (χ3n) is 3.43. The highest BCUT2D eigenvalue weighted by molar-refractivity contribution is 6.05. The van der Waals surface area contributed by atoms with Crippen LogP contribution in [0.15, 0.2) is 6.07 Å². The molecular weight excluding hydrogens is 348 g/mol. The normalized spacial score (nSPS) is 10.2. The van der Waals surface area contributed by atoms with Crippen molar-refractivity contribution in [1.29, 1.82) is 0 Å². The van der Waals surface area contributed by atoms with Crippen molar-refractivity contribution in [2.45, 2.75) is 19.8 Å². The van der Waals surface area contributed by atoms with Gasteiger partial charge < -0.3 is 28.8 Å². The van der Waals surface area contributed by atoms with E-state index in [0.717, 1.165) is 6.07 Å². The molecule has 0 unspecified atom stereocenters. The first kappa shape index (κ1) is 21.1. The standard InChI is InChI=1S/C17H22O9/c1-6-25-16(20)12(17(21)26-7-2)11-9(15(18)19)8-10(22-3)13(23-4)14(11)24-5/h8,12H,6-7H2,1-5H3,(H,18,19). The molecular formula is C17H22O9. The Balaban J connectivity index is 3.84. The van der Waals surface area contributed by atoms with Gasteiger partial charge in [0.05, 0.1) is 40.1 Å². The highest BCUT2D eigenvalue weighted by Gasteiger charge is 2.39. The quantitative estimate of drug-likeness (QED) is 0.511. The fourth-order valence-electron chi connectivity index (χ4n) is 2.43. The van der Waals surface area contributed by atoms with Crippen molar-refractivity contribution < 1.29 is 43.2 Å². The van der Waals surface area contributed by atoms with Crippen molar-refractivity contribution in [1.82, 2.24) is 0 Å². The van der Waals surface area contributed by atoms with E-state index in [9.17, 15) is 19.5 Å². The lowest BCUT2D eigenvalue weighted by atomic mass is 9.92. The highest BCUT2D eigenvalue weighted by atomic mass is 16.6. The van der Waals surface area contributed by atoms with E-state index >= 15 is 0 Å². The molecule has 1 N–H and O–H groups in total. The van der Waals surface area contributed by atoms with Gasteiger partial charge in [-0.3, -0.25) is 9.59 Å². The summed E-state index contributed by atoms with van der Waals surface area (Å²) in [5.41, 5.74) is -0.597. The van der Waals surface area contributed by atoms with E-state index in [4.69, 9.17) is 23.7 Å². The van der Waals surface area contributed by atoms with Gasteiger partial charge in [0.25, 0.3) is 0 Å². The summed E-state index contributed by atoms with van der Waals surface area (Å²) in [7, 11) is 3.88. The largest absolute Gasteiger partial charge is 0.493 e. The van der Waals surface area contributed by atoms with E-state index in [1.54, 1.807) is 13.8 Å². The number of methoxy groups -OCH3 is 3. The maximum atomic E-state index is 12.4. The third-order valence-corrected chi connectivity index (χ3v) is 3.43. The summed E-state index contributed by atoms with van der Waals surface area (Å²) in [6.07, 6.45) is 0. The number of benzene rings is 1. The highest BCUT2D eigenvalue weighted by Crippen LogP contribution is 2.45. The lowest BCUT2D eigenvalue weighted by Crippen LogP contribution is -2.28. The van der Waals surface area contributed by atoms with E-state index in [-0.39, 0.29) is 41.6 Å². The molecule has 0 aliphatic carbocycles. The van der Waals surface area contributed by atoms with E-state index in [1.165, 1.54) is 21.3 Å². The first-order valence-electron chi connectivity index (χ1n) is 7.77. The second-order valence-corrected chi connectivity index (χ2v) is 4.85. The first-order chi connectivity index (χ1) is 12.4. The minimum atomic E-state index is -1.66. The van der Waals surface area contributed by atoms with Crippen LogP contribution < -0.4 is 14.2 Å². The summed E-state index contributed by atoms with van der Waals surface area (Å²) in [5, 5.41) is 9.59. The number of carboxylic acid groups (broad SMARTS) is 1. The molecule has 0 atom stereocenters. The lowest BCUT2D eigenvalue weighted by molar-refractivity contribution is -0.157. The molecule has 0 fully saturated rings. The van der Waals surface area contributed by atoms with Crippen LogP contribution in [0.2, 0.25) is 0 Å². The maximum absolute atomic E-state index is 12.4. The van der Waals surface area contributed by atoms with Crippen LogP contribution in [0.4, 0.5) is 0 Å². The van der Waals surface area contributed by atoms with Crippen molar-refractivity contribution in [3.63, 3.8) is 0 Å². The number of hydrogen-bond donors (Lipinski definition) is 1. The van der Waals surface area contributed by atoms with Crippen LogP contribution in [0, 0.1) is 0 Å². The predicted octanol–water partition coefficient (Wildman–Crippen LogP) is 1.62. The number of aromatic carboxylic acids is 1. The SMILES string of the molecule is CCOC(=O)C(C(=O)OCC)c1c(C(=O)O)cc(OC)c(OC)c1OC. The monoisotopic (exact) mass is 370 g/mol. The number of ether oxygens (including phenoxy) is 5. The minimum Gasteiger partial charge on any atom is -0.493 e. The number of carboxylic acids is 1. The first-order valence-corrected chi connectivity index (χ1v) is 7.77. The van der Waals surface area contributed by atoms with Crippen LogP contribution in [0.3, 0.4) is 0 Å². The van der Waals surface area contributed by atoms with Crippen LogP contribution >= 0.6 is 0 Å². The second kappa shape index (κ2) is 9.50. The Bertz CT molecular complexity index is 663. The van der Waals surface area contributed by atoms with Gasteiger partial charge in [-0.1, -0.05) is 0 Å². The second-order valence-electron chi connectivity index (χ2n) is 4.85. The molecule has 0 heterocycles. The zero-order valence-corrected chi connectivity index (χ0v) is 15.3. The Hall–Kier alpha value is -2.97. The van der Waals surface area contributed by atoms with Gasteiger partial charge in [-0.2, -0.15) is 0 Å². The molecule has 1 aromatic carbocycles. The van der Waals surface area contributed by atoms with Gasteiger partial charge in [0, 0.05) is 5.56 Å². The van der Waals surface area contributed by atoms with Gasteiger partial charge >= 0.3 is 17.9 Å². The molecule has 0 amide bonds. The Morgan fingerprint density at radius 3 is 1.77 bits per heavy atom. The summed E-state index contributed by atoms with van der Waals surface area (Å²) in [5.74, 6) is -4.99. The number of hydrogen-bond acceptors (Lipinski definition) is 8. The molecule has 144 valence electrons. The van der Waals surface area contributed by atoms with Gasteiger partial charge in [-0.25, -0.2) is 4.79 Å². The van der Waals surface area contributed by atoms with Crippen molar-refractivity contribution in [2.75, 3.05) is 34.5 Å². The Morgan fingerprint density at radius 1 is 0.923 bits per heavy atom. The van der Waals surface area contributed by atoms with Crippen molar-refractivity contribution in [2.24, 2.45) is 0 Å². The Labute approximate surface area is 150 Å². The molecule has 26 heavy (non-hydrogen) atoms.